The van der Waals surface area contributed by atoms with Gasteiger partial charge in [-0.1, -0.05) is 15.9 Å². The van der Waals surface area contributed by atoms with E-state index in [1.165, 1.54) is 10.4 Å². The third-order valence-corrected chi connectivity index (χ3v) is 4.62. The highest BCUT2D eigenvalue weighted by molar-refractivity contribution is 9.10. The Balaban J connectivity index is 2.00. The van der Waals surface area contributed by atoms with Gasteiger partial charge < -0.3 is 5.73 Å². The van der Waals surface area contributed by atoms with Crippen molar-refractivity contribution in [2.75, 3.05) is 12.8 Å². The van der Waals surface area contributed by atoms with E-state index in [0.717, 1.165) is 27.7 Å². The second-order valence-electron chi connectivity index (χ2n) is 4.30. The van der Waals surface area contributed by atoms with Crippen molar-refractivity contribution in [3.8, 4) is 0 Å². The van der Waals surface area contributed by atoms with Gasteiger partial charge >= 0.3 is 0 Å². The van der Waals surface area contributed by atoms with Crippen molar-refractivity contribution < 1.29 is 0 Å². The van der Waals surface area contributed by atoms with Gasteiger partial charge in [-0.05, 0) is 52.8 Å². The van der Waals surface area contributed by atoms with E-state index in [1.54, 1.807) is 11.3 Å². The fourth-order valence-electron chi connectivity index (χ4n) is 1.84. The molecule has 0 aliphatic heterocycles. The quantitative estimate of drug-likeness (QED) is 0.780. The molecule has 5 heteroatoms. The molecule has 0 radical (unpaired) electrons. The van der Waals surface area contributed by atoms with Gasteiger partial charge in [-0.15, -0.1) is 11.3 Å². The fourth-order valence-corrected chi connectivity index (χ4v) is 3.93. The van der Waals surface area contributed by atoms with Crippen LogP contribution in [0.4, 0.5) is 5.69 Å². The van der Waals surface area contributed by atoms with E-state index in [4.69, 9.17) is 5.73 Å². The molecule has 2 aromatic rings. The lowest BCUT2D eigenvalue weighted by molar-refractivity contribution is 0.322. The number of nitrogens with zero attached hydrogens (tertiary/aromatic N) is 1. The molecule has 96 valence electrons. The van der Waals surface area contributed by atoms with Gasteiger partial charge in [0.15, 0.2) is 0 Å². The Morgan fingerprint density at radius 3 is 2.50 bits per heavy atom. The first-order valence-electron chi connectivity index (χ1n) is 5.49. The summed E-state index contributed by atoms with van der Waals surface area (Å²) in [7, 11) is 2.12. The standard InChI is InChI=1S/C13H14Br2N2S/c1-17(7-13-5-11(15)8-18-13)6-9-2-10(14)4-12(16)3-9/h2-5,8H,6-7,16H2,1H3. The van der Waals surface area contributed by atoms with Gasteiger partial charge in [0, 0.05) is 38.0 Å². The Hall–Kier alpha value is -0.360. The van der Waals surface area contributed by atoms with Crippen LogP contribution in [0.5, 0.6) is 0 Å². The summed E-state index contributed by atoms with van der Waals surface area (Å²) >= 11 is 8.72. The summed E-state index contributed by atoms with van der Waals surface area (Å²) in [6.07, 6.45) is 0. The zero-order chi connectivity index (χ0) is 13.1. The summed E-state index contributed by atoms with van der Waals surface area (Å²) in [5.74, 6) is 0. The predicted octanol–water partition coefficient (Wildman–Crippen LogP) is 4.49. The van der Waals surface area contributed by atoms with Crippen molar-refractivity contribution in [2.24, 2.45) is 0 Å². The minimum atomic E-state index is 0.798. The topological polar surface area (TPSA) is 29.3 Å². The average molecular weight is 390 g/mol. The summed E-state index contributed by atoms with van der Waals surface area (Å²) in [6, 6.07) is 8.21. The predicted molar refractivity (Wildman–Crippen MR) is 85.7 cm³/mol. The second-order valence-corrected chi connectivity index (χ2v) is 7.12. The molecule has 0 saturated heterocycles. The molecule has 18 heavy (non-hydrogen) atoms. The van der Waals surface area contributed by atoms with Crippen LogP contribution in [-0.2, 0) is 13.1 Å². The van der Waals surface area contributed by atoms with Gasteiger partial charge in [-0.3, -0.25) is 4.90 Å². The van der Waals surface area contributed by atoms with Gasteiger partial charge in [0.1, 0.15) is 0 Å². The van der Waals surface area contributed by atoms with E-state index in [-0.39, 0.29) is 0 Å². The second kappa shape index (κ2) is 6.19. The lowest BCUT2D eigenvalue weighted by atomic mass is 10.2. The van der Waals surface area contributed by atoms with Crippen LogP contribution in [0.25, 0.3) is 0 Å². The molecule has 0 saturated carbocycles. The molecule has 1 aromatic carbocycles. The van der Waals surface area contributed by atoms with E-state index < -0.39 is 0 Å². The number of anilines is 1. The van der Waals surface area contributed by atoms with Crippen molar-refractivity contribution in [3.05, 3.63) is 49.0 Å². The molecule has 0 atom stereocenters. The van der Waals surface area contributed by atoms with Crippen LogP contribution < -0.4 is 5.73 Å². The zero-order valence-corrected chi connectivity index (χ0v) is 14.0. The summed E-state index contributed by atoms with van der Waals surface area (Å²) in [6.45, 7) is 1.84. The highest BCUT2D eigenvalue weighted by atomic mass is 79.9. The third kappa shape index (κ3) is 4.09. The van der Waals surface area contributed by atoms with Crippen molar-refractivity contribution in [1.82, 2.24) is 4.90 Å². The molecule has 1 heterocycles. The fraction of sp³-hybridized carbons (Fsp3) is 0.231. The molecule has 2 rings (SSSR count). The maximum atomic E-state index is 5.84. The molecule has 0 amide bonds. The molecule has 0 aliphatic carbocycles. The number of nitrogen functional groups attached to an aromatic ring is 1. The number of benzene rings is 1. The van der Waals surface area contributed by atoms with E-state index in [0.29, 0.717) is 0 Å². The SMILES string of the molecule is CN(Cc1cc(N)cc(Br)c1)Cc1cc(Br)cs1. The van der Waals surface area contributed by atoms with Crippen LogP contribution in [0.2, 0.25) is 0 Å². The minimum Gasteiger partial charge on any atom is -0.399 e. The zero-order valence-electron chi connectivity index (χ0n) is 9.99. The number of nitrogens with two attached hydrogens (primary N) is 1. The first-order chi connectivity index (χ1) is 8.52. The van der Waals surface area contributed by atoms with E-state index in [1.807, 2.05) is 12.1 Å². The van der Waals surface area contributed by atoms with Crippen LogP contribution >= 0.6 is 43.2 Å². The summed E-state index contributed by atoms with van der Waals surface area (Å²) in [4.78, 5) is 3.63. The highest BCUT2D eigenvalue weighted by Gasteiger charge is 2.05. The molecular formula is C13H14Br2N2S. The van der Waals surface area contributed by atoms with Crippen LogP contribution in [0.3, 0.4) is 0 Å². The van der Waals surface area contributed by atoms with Crippen molar-refractivity contribution in [3.63, 3.8) is 0 Å². The van der Waals surface area contributed by atoms with Crippen LogP contribution in [0.1, 0.15) is 10.4 Å². The van der Waals surface area contributed by atoms with Crippen molar-refractivity contribution in [2.45, 2.75) is 13.1 Å². The number of hydrogen-bond acceptors (Lipinski definition) is 3. The van der Waals surface area contributed by atoms with Gasteiger partial charge in [-0.2, -0.15) is 0 Å². The lowest BCUT2D eigenvalue weighted by Crippen LogP contribution is -2.16. The molecule has 0 spiro atoms. The molecule has 1 aromatic heterocycles. The minimum absolute atomic E-state index is 0.798. The maximum absolute atomic E-state index is 5.84. The Labute approximate surface area is 128 Å². The largest absolute Gasteiger partial charge is 0.399 e. The van der Waals surface area contributed by atoms with Gasteiger partial charge in [-0.25, -0.2) is 0 Å². The smallest absolute Gasteiger partial charge is 0.0328 e. The molecule has 0 fully saturated rings. The molecule has 0 unspecified atom stereocenters. The first kappa shape index (κ1) is 14.1. The van der Waals surface area contributed by atoms with Crippen molar-refractivity contribution >= 4 is 48.9 Å². The van der Waals surface area contributed by atoms with Gasteiger partial charge in [0.05, 0.1) is 0 Å². The van der Waals surface area contributed by atoms with Gasteiger partial charge in [0.2, 0.25) is 0 Å². The van der Waals surface area contributed by atoms with Crippen LogP contribution in [0.15, 0.2) is 38.6 Å². The van der Waals surface area contributed by atoms with Crippen LogP contribution in [-0.4, -0.2) is 11.9 Å². The normalized spacial score (nSPS) is 11.1. The Kier molecular flexibility index (Phi) is 4.84. The number of halogens is 2. The van der Waals surface area contributed by atoms with E-state index in [2.05, 4.69) is 61.3 Å². The Bertz CT molecular complexity index is 519. The molecule has 2 N–H and O–H groups in total. The number of thiophene rings is 1. The summed E-state index contributed by atoms with van der Waals surface area (Å²) < 4.78 is 2.19. The first-order valence-corrected chi connectivity index (χ1v) is 7.96. The number of hydrogen-bond donors (Lipinski definition) is 1. The molecular weight excluding hydrogens is 376 g/mol. The van der Waals surface area contributed by atoms with Crippen LogP contribution in [0, 0.1) is 0 Å². The highest BCUT2D eigenvalue weighted by Crippen LogP contribution is 2.22. The Morgan fingerprint density at radius 2 is 1.89 bits per heavy atom. The Morgan fingerprint density at radius 1 is 1.11 bits per heavy atom. The molecule has 0 aliphatic rings. The average Bonchev–Trinajstić information content (AvgIpc) is 2.61. The summed E-state index contributed by atoms with van der Waals surface area (Å²) in [5, 5.41) is 2.11. The maximum Gasteiger partial charge on any atom is 0.0328 e. The third-order valence-electron chi connectivity index (χ3n) is 2.48. The summed E-state index contributed by atoms with van der Waals surface area (Å²) in [5.41, 5.74) is 7.86. The van der Waals surface area contributed by atoms with E-state index >= 15 is 0 Å². The van der Waals surface area contributed by atoms with Gasteiger partial charge in [0.25, 0.3) is 0 Å². The lowest BCUT2D eigenvalue weighted by Gasteiger charge is -2.16. The molecule has 2 nitrogen and oxygen atoms in total. The number of rotatable bonds is 4. The van der Waals surface area contributed by atoms with Crippen molar-refractivity contribution in [1.29, 1.82) is 0 Å². The molecule has 0 bridgehead atoms. The van der Waals surface area contributed by atoms with E-state index in [9.17, 15) is 0 Å². The monoisotopic (exact) mass is 388 g/mol.